The molecule has 0 aromatic heterocycles. The molecule has 112 valence electrons. The Hall–Kier alpha value is -1.49. The first-order valence-corrected chi connectivity index (χ1v) is 8.46. The Morgan fingerprint density at radius 2 is 2.14 bits per heavy atom. The van der Waals surface area contributed by atoms with E-state index in [-0.39, 0.29) is 11.1 Å². The van der Waals surface area contributed by atoms with Crippen molar-refractivity contribution < 1.29 is 9.59 Å². The van der Waals surface area contributed by atoms with Crippen molar-refractivity contribution in [2.75, 3.05) is 30.3 Å². The third-order valence-electron chi connectivity index (χ3n) is 4.29. The van der Waals surface area contributed by atoms with Gasteiger partial charge in [-0.25, -0.2) is 0 Å². The molecule has 0 bridgehead atoms. The largest absolute Gasteiger partial charge is 0.332 e. The third-order valence-corrected chi connectivity index (χ3v) is 5.18. The summed E-state index contributed by atoms with van der Waals surface area (Å²) in [7, 11) is 0. The van der Waals surface area contributed by atoms with Gasteiger partial charge < -0.3 is 9.80 Å². The SMILES string of the molecule is C[C@@H]1CCN(C(=O)CCN2CCSC2=O)c2ccccc21. The quantitative estimate of drug-likeness (QED) is 0.861. The zero-order chi connectivity index (χ0) is 14.8. The lowest BCUT2D eigenvalue weighted by atomic mass is 9.91. The first-order valence-electron chi connectivity index (χ1n) is 7.48. The normalized spacial score (nSPS) is 21.6. The lowest BCUT2D eigenvalue weighted by Crippen LogP contribution is -2.38. The highest BCUT2D eigenvalue weighted by molar-refractivity contribution is 8.13. The van der Waals surface area contributed by atoms with Gasteiger partial charge in [-0.1, -0.05) is 36.9 Å². The van der Waals surface area contributed by atoms with Crippen molar-refractivity contribution in [2.45, 2.75) is 25.7 Å². The van der Waals surface area contributed by atoms with E-state index < -0.39 is 0 Å². The number of rotatable bonds is 3. The highest BCUT2D eigenvalue weighted by atomic mass is 32.2. The number of amides is 2. The van der Waals surface area contributed by atoms with E-state index in [0.717, 1.165) is 31.0 Å². The van der Waals surface area contributed by atoms with Crippen LogP contribution in [0.2, 0.25) is 0 Å². The highest BCUT2D eigenvalue weighted by Gasteiger charge is 2.27. The van der Waals surface area contributed by atoms with E-state index >= 15 is 0 Å². The zero-order valence-corrected chi connectivity index (χ0v) is 13.1. The summed E-state index contributed by atoms with van der Waals surface area (Å²) in [5.74, 6) is 1.47. The van der Waals surface area contributed by atoms with Crippen LogP contribution in [-0.4, -0.2) is 41.4 Å². The standard InChI is InChI=1S/C16H20N2O2S/c1-12-6-9-18(14-5-3-2-4-13(12)14)15(19)7-8-17-10-11-21-16(17)20/h2-5,12H,6-11H2,1H3/t12-/m1/s1. The van der Waals surface area contributed by atoms with Crippen molar-refractivity contribution in [3.63, 3.8) is 0 Å². The molecule has 0 radical (unpaired) electrons. The van der Waals surface area contributed by atoms with Gasteiger partial charge in [0, 0.05) is 37.5 Å². The van der Waals surface area contributed by atoms with Gasteiger partial charge >= 0.3 is 0 Å². The molecular formula is C16H20N2O2S. The van der Waals surface area contributed by atoms with Gasteiger partial charge in [-0.2, -0.15) is 0 Å². The summed E-state index contributed by atoms with van der Waals surface area (Å²) in [5, 5.41) is 0.107. The summed E-state index contributed by atoms with van der Waals surface area (Å²) in [6.07, 6.45) is 1.41. The molecule has 1 atom stereocenters. The lowest BCUT2D eigenvalue weighted by molar-refractivity contribution is -0.118. The third kappa shape index (κ3) is 2.93. The molecule has 0 spiro atoms. The Balaban J connectivity index is 1.68. The van der Waals surface area contributed by atoms with Crippen LogP contribution in [0.4, 0.5) is 10.5 Å². The van der Waals surface area contributed by atoms with Crippen LogP contribution in [0, 0.1) is 0 Å². The minimum absolute atomic E-state index is 0.107. The summed E-state index contributed by atoms with van der Waals surface area (Å²) in [6, 6.07) is 8.15. The van der Waals surface area contributed by atoms with E-state index in [1.807, 2.05) is 23.1 Å². The fourth-order valence-corrected chi connectivity index (χ4v) is 3.85. The second-order valence-electron chi connectivity index (χ2n) is 5.65. The van der Waals surface area contributed by atoms with Gasteiger partial charge in [-0.15, -0.1) is 0 Å². The molecule has 0 saturated carbocycles. The maximum absolute atomic E-state index is 12.5. The van der Waals surface area contributed by atoms with Crippen LogP contribution < -0.4 is 4.90 Å². The van der Waals surface area contributed by atoms with E-state index in [4.69, 9.17) is 0 Å². The van der Waals surface area contributed by atoms with Crippen LogP contribution in [0.1, 0.15) is 31.2 Å². The first kappa shape index (κ1) is 14.4. The van der Waals surface area contributed by atoms with Crippen molar-refractivity contribution in [2.24, 2.45) is 0 Å². The summed E-state index contributed by atoms with van der Waals surface area (Å²) in [4.78, 5) is 27.8. The summed E-state index contributed by atoms with van der Waals surface area (Å²) in [5.41, 5.74) is 2.30. The van der Waals surface area contributed by atoms with E-state index in [1.54, 1.807) is 4.90 Å². The fourth-order valence-electron chi connectivity index (χ4n) is 3.00. The predicted molar refractivity (Wildman–Crippen MR) is 85.9 cm³/mol. The molecule has 1 saturated heterocycles. The number of benzene rings is 1. The fraction of sp³-hybridized carbons (Fsp3) is 0.500. The Bertz CT molecular complexity index is 561. The molecule has 2 heterocycles. The number of carbonyl (C=O) groups excluding carboxylic acids is 2. The highest BCUT2D eigenvalue weighted by Crippen LogP contribution is 2.35. The van der Waals surface area contributed by atoms with Crippen LogP contribution in [0.15, 0.2) is 24.3 Å². The van der Waals surface area contributed by atoms with Gasteiger partial charge in [0.1, 0.15) is 0 Å². The number of thioether (sulfide) groups is 1. The minimum atomic E-state index is 0.107. The summed E-state index contributed by atoms with van der Waals surface area (Å²) in [6.45, 7) is 4.30. The van der Waals surface area contributed by atoms with Gasteiger partial charge in [0.15, 0.2) is 0 Å². The molecule has 0 N–H and O–H groups in total. The number of carbonyl (C=O) groups is 2. The molecule has 0 unspecified atom stereocenters. The summed E-state index contributed by atoms with van der Waals surface area (Å²) >= 11 is 1.34. The van der Waals surface area contributed by atoms with Crippen LogP contribution in [0.5, 0.6) is 0 Å². The topological polar surface area (TPSA) is 40.6 Å². The average molecular weight is 304 g/mol. The Labute approximate surface area is 129 Å². The smallest absolute Gasteiger partial charge is 0.281 e. The Morgan fingerprint density at radius 1 is 1.33 bits per heavy atom. The van der Waals surface area contributed by atoms with Crippen LogP contribution in [0.3, 0.4) is 0 Å². The van der Waals surface area contributed by atoms with Crippen molar-refractivity contribution >= 4 is 28.6 Å². The maximum atomic E-state index is 12.5. The molecule has 2 aliphatic rings. The zero-order valence-electron chi connectivity index (χ0n) is 12.2. The molecule has 4 nitrogen and oxygen atoms in total. The number of hydrogen-bond donors (Lipinski definition) is 0. The Morgan fingerprint density at radius 3 is 2.90 bits per heavy atom. The number of nitrogens with zero attached hydrogens (tertiary/aromatic N) is 2. The van der Waals surface area contributed by atoms with Crippen LogP contribution in [-0.2, 0) is 4.79 Å². The van der Waals surface area contributed by atoms with E-state index in [2.05, 4.69) is 13.0 Å². The van der Waals surface area contributed by atoms with Gasteiger partial charge in [0.2, 0.25) is 5.91 Å². The van der Waals surface area contributed by atoms with Gasteiger partial charge in [-0.05, 0) is 24.0 Å². The number of para-hydroxylation sites is 1. The number of hydrogen-bond acceptors (Lipinski definition) is 3. The van der Waals surface area contributed by atoms with Crippen LogP contribution >= 0.6 is 11.8 Å². The molecular weight excluding hydrogens is 284 g/mol. The van der Waals surface area contributed by atoms with Crippen molar-refractivity contribution in [1.82, 2.24) is 4.90 Å². The average Bonchev–Trinajstić information content (AvgIpc) is 2.91. The van der Waals surface area contributed by atoms with E-state index in [0.29, 0.717) is 18.9 Å². The van der Waals surface area contributed by atoms with E-state index in [1.165, 1.54) is 17.3 Å². The molecule has 2 amide bonds. The second kappa shape index (κ2) is 6.10. The second-order valence-corrected chi connectivity index (χ2v) is 6.69. The summed E-state index contributed by atoms with van der Waals surface area (Å²) < 4.78 is 0. The van der Waals surface area contributed by atoms with Gasteiger partial charge in [0.25, 0.3) is 5.24 Å². The first-order chi connectivity index (χ1) is 10.2. The predicted octanol–water partition coefficient (Wildman–Crippen LogP) is 3.09. The molecule has 2 aliphatic heterocycles. The van der Waals surface area contributed by atoms with E-state index in [9.17, 15) is 9.59 Å². The Kier molecular flexibility index (Phi) is 4.19. The molecule has 1 aromatic carbocycles. The molecule has 1 fully saturated rings. The molecule has 0 aliphatic carbocycles. The van der Waals surface area contributed by atoms with Crippen LogP contribution in [0.25, 0.3) is 0 Å². The lowest BCUT2D eigenvalue weighted by Gasteiger charge is -2.33. The maximum Gasteiger partial charge on any atom is 0.281 e. The monoisotopic (exact) mass is 304 g/mol. The number of fused-ring (bicyclic) bond motifs is 1. The molecule has 1 aromatic rings. The molecule has 3 rings (SSSR count). The number of anilines is 1. The van der Waals surface area contributed by atoms with Crippen molar-refractivity contribution in [1.29, 1.82) is 0 Å². The molecule has 21 heavy (non-hydrogen) atoms. The molecule has 5 heteroatoms. The van der Waals surface area contributed by atoms with Crippen molar-refractivity contribution in [3.05, 3.63) is 29.8 Å². The van der Waals surface area contributed by atoms with Crippen molar-refractivity contribution in [3.8, 4) is 0 Å². The minimum Gasteiger partial charge on any atom is -0.332 e. The van der Waals surface area contributed by atoms with Gasteiger partial charge in [0.05, 0.1) is 0 Å². The van der Waals surface area contributed by atoms with Gasteiger partial charge in [-0.3, -0.25) is 9.59 Å².